The fraction of sp³-hybridized carbons (Fsp3) is 0.176. The van der Waals surface area contributed by atoms with Gasteiger partial charge in [-0.2, -0.15) is 0 Å². The van der Waals surface area contributed by atoms with E-state index in [1.807, 2.05) is 30.5 Å². The normalized spacial score (nSPS) is 17.1. The molecule has 1 aliphatic heterocycles. The number of rotatable bonds is 2. The molecule has 1 aliphatic rings. The Bertz CT molecular complexity index is 649. The first kappa shape index (κ1) is 12.7. The summed E-state index contributed by atoms with van der Waals surface area (Å²) in [5, 5.41) is 3.28. The molecule has 0 spiro atoms. The van der Waals surface area contributed by atoms with Crippen LogP contribution < -0.4 is 11.1 Å². The minimum atomic E-state index is -0.181. The van der Waals surface area contributed by atoms with Gasteiger partial charge in [-0.15, -0.1) is 0 Å². The average Bonchev–Trinajstić information content (AvgIpc) is 2.61. The van der Waals surface area contributed by atoms with Crippen molar-refractivity contribution in [3.8, 4) is 0 Å². The molecule has 3 N–H and O–H groups in total. The van der Waals surface area contributed by atoms with Crippen LogP contribution in [0.25, 0.3) is 6.08 Å². The Morgan fingerprint density at radius 3 is 2.95 bits per heavy atom. The van der Waals surface area contributed by atoms with Crippen molar-refractivity contribution >= 4 is 11.8 Å². The fourth-order valence-electron chi connectivity index (χ4n) is 2.71. The zero-order valence-electron chi connectivity index (χ0n) is 11.1. The van der Waals surface area contributed by atoms with E-state index in [9.17, 15) is 4.39 Å². The number of hydrogen-bond acceptors (Lipinski definition) is 2. The predicted octanol–water partition coefficient (Wildman–Crippen LogP) is 3.31. The van der Waals surface area contributed by atoms with Crippen molar-refractivity contribution in [1.29, 1.82) is 0 Å². The van der Waals surface area contributed by atoms with Crippen molar-refractivity contribution in [1.82, 2.24) is 5.32 Å². The van der Waals surface area contributed by atoms with Crippen LogP contribution in [0.4, 0.5) is 10.1 Å². The van der Waals surface area contributed by atoms with E-state index in [2.05, 4.69) is 11.4 Å². The lowest BCUT2D eigenvalue weighted by Gasteiger charge is -2.18. The molecule has 2 nitrogen and oxygen atoms in total. The molecule has 2 aromatic rings. The van der Waals surface area contributed by atoms with Crippen LogP contribution in [0.1, 0.15) is 22.6 Å². The van der Waals surface area contributed by atoms with E-state index in [1.165, 1.54) is 11.6 Å². The van der Waals surface area contributed by atoms with Crippen molar-refractivity contribution in [3.05, 3.63) is 71.2 Å². The number of benzene rings is 2. The van der Waals surface area contributed by atoms with E-state index in [4.69, 9.17) is 5.73 Å². The zero-order valence-corrected chi connectivity index (χ0v) is 11.1. The van der Waals surface area contributed by atoms with Crippen LogP contribution in [0.2, 0.25) is 0 Å². The minimum absolute atomic E-state index is 0.181. The number of nitrogen functional groups attached to an aromatic ring is 1. The van der Waals surface area contributed by atoms with Gasteiger partial charge < -0.3 is 11.1 Å². The van der Waals surface area contributed by atoms with Crippen molar-refractivity contribution in [3.63, 3.8) is 0 Å². The van der Waals surface area contributed by atoms with Crippen molar-refractivity contribution in [2.24, 2.45) is 0 Å². The fourth-order valence-corrected chi connectivity index (χ4v) is 2.71. The third-order valence-electron chi connectivity index (χ3n) is 3.67. The molecule has 3 rings (SSSR count). The molecule has 0 amide bonds. The minimum Gasteiger partial charge on any atom is -0.399 e. The molecule has 3 heteroatoms. The summed E-state index contributed by atoms with van der Waals surface area (Å²) in [7, 11) is 0. The smallest absolute Gasteiger partial charge is 0.123 e. The molecule has 1 heterocycles. The molecule has 2 aromatic carbocycles. The maximum Gasteiger partial charge on any atom is 0.123 e. The number of hydrogen-bond donors (Lipinski definition) is 2. The first-order valence-corrected chi connectivity index (χ1v) is 6.76. The highest BCUT2D eigenvalue weighted by Crippen LogP contribution is 2.28. The van der Waals surface area contributed by atoms with Gasteiger partial charge in [-0.3, -0.25) is 0 Å². The molecule has 0 saturated heterocycles. The van der Waals surface area contributed by atoms with E-state index in [1.54, 1.807) is 12.1 Å². The van der Waals surface area contributed by atoms with E-state index >= 15 is 0 Å². The van der Waals surface area contributed by atoms with E-state index in [0.29, 0.717) is 5.92 Å². The summed E-state index contributed by atoms with van der Waals surface area (Å²) in [6, 6.07) is 12.8. The van der Waals surface area contributed by atoms with Gasteiger partial charge in [0.05, 0.1) is 0 Å². The lowest BCUT2D eigenvalue weighted by Crippen LogP contribution is -2.17. The third kappa shape index (κ3) is 2.67. The predicted molar refractivity (Wildman–Crippen MR) is 80.7 cm³/mol. The molecule has 0 radical (unpaired) electrons. The molecule has 1 atom stereocenters. The number of fused-ring (bicyclic) bond motifs is 1. The Kier molecular flexibility index (Phi) is 3.42. The molecular weight excluding hydrogens is 251 g/mol. The van der Waals surface area contributed by atoms with Crippen LogP contribution in [-0.2, 0) is 6.42 Å². The summed E-state index contributed by atoms with van der Waals surface area (Å²) >= 11 is 0. The number of halogens is 1. The summed E-state index contributed by atoms with van der Waals surface area (Å²) in [5.74, 6) is 0.127. The second kappa shape index (κ2) is 5.37. The SMILES string of the molecule is Nc1ccc2c(c1)C=CNCC2Cc1cccc(F)c1. The standard InChI is InChI=1S/C17H17FN2/c18-15-3-1-2-12(9-15)8-14-11-20-7-6-13-10-16(19)4-5-17(13)14/h1-7,9-10,14,20H,8,11,19H2. The van der Waals surface area contributed by atoms with Gasteiger partial charge in [0.15, 0.2) is 0 Å². The van der Waals surface area contributed by atoms with Gasteiger partial charge in [0.1, 0.15) is 5.82 Å². The van der Waals surface area contributed by atoms with Crippen LogP contribution in [0.3, 0.4) is 0 Å². The summed E-state index contributed by atoms with van der Waals surface area (Å²) in [5.41, 5.74) is 10.0. The zero-order chi connectivity index (χ0) is 13.9. The number of nitrogens with two attached hydrogens (primary N) is 1. The van der Waals surface area contributed by atoms with Crippen LogP contribution in [0, 0.1) is 5.82 Å². The average molecular weight is 268 g/mol. The molecule has 0 aliphatic carbocycles. The first-order valence-electron chi connectivity index (χ1n) is 6.76. The molecule has 0 bridgehead atoms. The Labute approximate surface area is 118 Å². The van der Waals surface area contributed by atoms with Gasteiger partial charge in [-0.05, 0) is 59.7 Å². The summed E-state index contributed by atoms with van der Waals surface area (Å²) in [6.45, 7) is 0.837. The van der Waals surface area contributed by atoms with Crippen molar-refractivity contribution in [2.45, 2.75) is 12.3 Å². The van der Waals surface area contributed by atoms with Crippen molar-refractivity contribution in [2.75, 3.05) is 12.3 Å². The number of anilines is 1. The lowest BCUT2D eigenvalue weighted by atomic mass is 9.89. The van der Waals surface area contributed by atoms with Gasteiger partial charge in [0, 0.05) is 18.2 Å². The quantitative estimate of drug-likeness (QED) is 0.820. The Balaban J connectivity index is 1.92. The summed E-state index contributed by atoms with van der Waals surface area (Å²) in [4.78, 5) is 0. The van der Waals surface area contributed by atoms with Crippen LogP contribution >= 0.6 is 0 Å². The van der Waals surface area contributed by atoms with Crippen LogP contribution in [-0.4, -0.2) is 6.54 Å². The topological polar surface area (TPSA) is 38.0 Å². The highest BCUT2D eigenvalue weighted by atomic mass is 19.1. The molecule has 0 saturated carbocycles. The second-order valence-electron chi connectivity index (χ2n) is 5.16. The maximum absolute atomic E-state index is 13.3. The van der Waals surface area contributed by atoms with Gasteiger partial charge in [0.25, 0.3) is 0 Å². The Morgan fingerprint density at radius 1 is 1.20 bits per heavy atom. The number of nitrogens with one attached hydrogen (secondary N) is 1. The Morgan fingerprint density at radius 2 is 2.10 bits per heavy atom. The summed E-state index contributed by atoms with van der Waals surface area (Å²) in [6.07, 6.45) is 4.80. The van der Waals surface area contributed by atoms with E-state index in [0.717, 1.165) is 29.8 Å². The monoisotopic (exact) mass is 268 g/mol. The maximum atomic E-state index is 13.3. The highest BCUT2D eigenvalue weighted by Gasteiger charge is 2.17. The van der Waals surface area contributed by atoms with Gasteiger partial charge in [0.2, 0.25) is 0 Å². The first-order chi connectivity index (χ1) is 9.72. The summed E-state index contributed by atoms with van der Waals surface area (Å²) < 4.78 is 13.3. The molecule has 1 unspecified atom stereocenters. The van der Waals surface area contributed by atoms with Gasteiger partial charge >= 0.3 is 0 Å². The van der Waals surface area contributed by atoms with Crippen LogP contribution in [0.15, 0.2) is 48.7 Å². The van der Waals surface area contributed by atoms with Gasteiger partial charge in [-0.1, -0.05) is 18.2 Å². The van der Waals surface area contributed by atoms with Gasteiger partial charge in [-0.25, -0.2) is 4.39 Å². The van der Waals surface area contributed by atoms with Crippen LogP contribution in [0.5, 0.6) is 0 Å². The molecule has 102 valence electrons. The largest absolute Gasteiger partial charge is 0.399 e. The molecule has 0 fully saturated rings. The molecule has 0 aromatic heterocycles. The second-order valence-corrected chi connectivity index (χ2v) is 5.16. The highest BCUT2D eigenvalue weighted by molar-refractivity contribution is 5.61. The van der Waals surface area contributed by atoms with Crippen molar-refractivity contribution < 1.29 is 4.39 Å². The molecular formula is C17H17FN2. The Hall–Kier alpha value is -2.29. The third-order valence-corrected chi connectivity index (χ3v) is 3.67. The van der Waals surface area contributed by atoms with E-state index in [-0.39, 0.29) is 5.82 Å². The van der Waals surface area contributed by atoms with E-state index < -0.39 is 0 Å². The molecule has 20 heavy (non-hydrogen) atoms. The lowest BCUT2D eigenvalue weighted by molar-refractivity contribution is 0.615.